The fraction of sp³-hybridized carbons (Fsp3) is 0.182. The smallest absolute Gasteiger partial charge is 0.231 e. The van der Waals surface area contributed by atoms with Crippen LogP contribution in [0.5, 0.6) is 0 Å². The van der Waals surface area contributed by atoms with Crippen molar-refractivity contribution in [3.63, 3.8) is 0 Å². The monoisotopic (exact) mass is 171 g/mol. The van der Waals surface area contributed by atoms with Crippen molar-refractivity contribution in [2.45, 2.75) is 12.8 Å². The lowest BCUT2D eigenvalue weighted by Crippen LogP contribution is -2.15. The summed E-state index contributed by atoms with van der Waals surface area (Å²) in [5, 5.41) is 1.17. The lowest BCUT2D eigenvalue weighted by Gasteiger charge is -2.13. The van der Waals surface area contributed by atoms with E-state index in [9.17, 15) is 4.79 Å². The molecule has 0 atom stereocenters. The molecule has 0 N–H and O–H groups in total. The zero-order valence-corrected chi connectivity index (χ0v) is 7.16. The highest BCUT2D eigenvalue weighted by atomic mass is 16.2. The molecule has 0 saturated heterocycles. The molecule has 0 unspecified atom stereocenters. The normalized spacial score (nSPS) is 15.2. The molecule has 3 rings (SSSR count). The Morgan fingerprint density at radius 3 is 3.00 bits per heavy atom. The van der Waals surface area contributed by atoms with Gasteiger partial charge in [0.25, 0.3) is 0 Å². The van der Waals surface area contributed by atoms with Gasteiger partial charge >= 0.3 is 0 Å². The van der Waals surface area contributed by atoms with Crippen LogP contribution in [0, 0.1) is 0 Å². The predicted molar refractivity (Wildman–Crippen MR) is 50.9 cm³/mol. The number of aromatic nitrogens is 1. The number of nitrogens with zero attached hydrogens (tertiary/aromatic N) is 1. The average molecular weight is 171 g/mol. The Morgan fingerprint density at radius 2 is 2.08 bits per heavy atom. The second-order valence-corrected chi connectivity index (χ2v) is 3.43. The molecule has 64 valence electrons. The first-order chi connectivity index (χ1) is 6.36. The molecule has 13 heavy (non-hydrogen) atoms. The van der Waals surface area contributed by atoms with Crippen LogP contribution in [0.15, 0.2) is 30.5 Å². The molecule has 0 amide bonds. The summed E-state index contributed by atoms with van der Waals surface area (Å²) in [6.45, 7) is 0. The predicted octanol–water partition coefficient (Wildman–Crippen LogP) is 2.23. The van der Waals surface area contributed by atoms with E-state index in [-0.39, 0.29) is 5.91 Å². The minimum Gasteiger partial charge on any atom is -0.287 e. The fourth-order valence-corrected chi connectivity index (χ4v) is 2.04. The second kappa shape index (κ2) is 2.22. The molecule has 1 aliphatic rings. The molecule has 0 radical (unpaired) electrons. The molecule has 2 heterocycles. The van der Waals surface area contributed by atoms with Gasteiger partial charge in [0.2, 0.25) is 5.91 Å². The lowest BCUT2D eigenvalue weighted by molar-refractivity contribution is 0.0903. The molecule has 0 aliphatic carbocycles. The van der Waals surface area contributed by atoms with E-state index in [4.69, 9.17) is 0 Å². The van der Waals surface area contributed by atoms with Gasteiger partial charge in [-0.25, -0.2) is 0 Å². The van der Waals surface area contributed by atoms with Crippen molar-refractivity contribution in [1.29, 1.82) is 0 Å². The maximum atomic E-state index is 11.5. The summed E-state index contributed by atoms with van der Waals surface area (Å²) in [5.74, 6) is 0.216. The molecule has 0 fully saturated rings. The van der Waals surface area contributed by atoms with E-state index in [1.54, 1.807) is 4.57 Å². The Bertz CT molecular complexity index is 496. The molecule has 0 spiro atoms. The van der Waals surface area contributed by atoms with Crippen LogP contribution in [-0.4, -0.2) is 10.5 Å². The van der Waals surface area contributed by atoms with Crippen molar-refractivity contribution < 1.29 is 4.79 Å². The Hall–Kier alpha value is -1.57. The van der Waals surface area contributed by atoms with E-state index in [1.807, 2.05) is 18.3 Å². The van der Waals surface area contributed by atoms with Crippen LogP contribution in [0.1, 0.15) is 16.8 Å². The third-order valence-electron chi connectivity index (χ3n) is 2.67. The maximum Gasteiger partial charge on any atom is 0.231 e. The van der Waals surface area contributed by atoms with Gasteiger partial charge in [-0.3, -0.25) is 9.36 Å². The molecular weight excluding hydrogens is 162 g/mol. The highest BCUT2D eigenvalue weighted by Gasteiger charge is 2.17. The highest BCUT2D eigenvalue weighted by Crippen LogP contribution is 2.25. The van der Waals surface area contributed by atoms with Gasteiger partial charge in [0.15, 0.2) is 0 Å². The molecule has 2 nitrogen and oxygen atoms in total. The summed E-state index contributed by atoms with van der Waals surface area (Å²) >= 11 is 0. The first-order valence-corrected chi connectivity index (χ1v) is 4.48. The van der Waals surface area contributed by atoms with Gasteiger partial charge in [-0.15, -0.1) is 0 Å². The van der Waals surface area contributed by atoms with Crippen LogP contribution in [0.2, 0.25) is 0 Å². The van der Waals surface area contributed by atoms with Crippen molar-refractivity contribution in [3.8, 4) is 0 Å². The van der Waals surface area contributed by atoms with Crippen molar-refractivity contribution in [2.24, 2.45) is 0 Å². The third kappa shape index (κ3) is 0.800. The Morgan fingerprint density at radius 1 is 1.15 bits per heavy atom. The van der Waals surface area contributed by atoms with Crippen molar-refractivity contribution in [1.82, 2.24) is 4.57 Å². The molecule has 1 aromatic heterocycles. The molecule has 2 heteroatoms. The fourth-order valence-electron chi connectivity index (χ4n) is 2.04. The molecule has 2 aromatic rings. The number of benzene rings is 1. The van der Waals surface area contributed by atoms with E-state index in [1.165, 1.54) is 10.9 Å². The number of rotatable bonds is 0. The average Bonchev–Trinajstić information content (AvgIpc) is 2.57. The molecule has 1 aromatic carbocycles. The van der Waals surface area contributed by atoms with E-state index in [0.717, 1.165) is 11.9 Å². The minimum atomic E-state index is 0.216. The van der Waals surface area contributed by atoms with E-state index in [2.05, 4.69) is 12.1 Å². The summed E-state index contributed by atoms with van der Waals surface area (Å²) in [6.07, 6.45) is 3.40. The second-order valence-electron chi connectivity index (χ2n) is 3.43. The summed E-state index contributed by atoms with van der Waals surface area (Å²) < 4.78 is 1.77. The van der Waals surface area contributed by atoms with Crippen LogP contribution >= 0.6 is 0 Å². The van der Waals surface area contributed by atoms with Crippen LogP contribution < -0.4 is 0 Å². The van der Waals surface area contributed by atoms with Gasteiger partial charge in [0.1, 0.15) is 0 Å². The molecular formula is C11H9NO. The number of para-hydroxylation sites is 1. The summed E-state index contributed by atoms with van der Waals surface area (Å²) in [4.78, 5) is 11.5. The zero-order valence-electron chi connectivity index (χ0n) is 7.16. The maximum absolute atomic E-state index is 11.5. The van der Waals surface area contributed by atoms with Crippen LogP contribution in [-0.2, 0) is 6.42 Å². The van der Waals surface area contributed by atoms with Gasteiger partial charge in [-0.05, 0) is 18.1 Å². The van der Waals surface area contributed by atoms with Gasteiger partial charge in [-0.2, -0.15) is 0 Å². The van der Waals surface area contributed by atoms with Crippen LogP contribution in [0.3, 0.4) is 0 Å². The molecule has 1 aliphatic heterocycles. The number of hydrogen-bond donors (Lipinski definition) is 0. The molecule has 0 bridgehead atoms. The van der Waals surface area contributed by atoms with Crippen LogP contribution in [0.4, 0.5) is 0 Å². The van der Waals surface area contributed by atoms with Gasteiger partial charge < -0.3 is 0 Å². The number of hydrogen-bond acceptors (Lipinski definition) is 1. The van der Waals surface area contributed by atoms with Crippen LogP contribution in [0.25, 0.3) is 10.9 Å². The van der Waals surface area contributed by atoms with E-state index in [0.29, 0.717) is 6.42 Å². The van der Waals surface area contributed by atoms with E-state index >= 15 is 0 Å². The lowest BCUT2D eigenvalue weighted by atomic mass is 10.0. The first kappa shape index (κ1) is 6.89. The third-order valence-corrected chi connectivity index (χ3v) is 2.67. The van der Waals surface area contributed by atoms with Crippen molar-refractivity contribution in [2.75, 3.05) is 0 Å². The van der Waals surface area contributed by atoms with Crippen molar-refractivity contribution in [3.05, 3.63) is 36.0 Å². The first-order valence-electron chi connectivity index (χ1n) is 4.48. The SMILES string of the molecule is O=C1CCc2cccc3ccn1c23. The quantitative estimate of drug-likeness (QED) is 0.595. The van der Waals surface area contributed by atoms with Gasteiger partial charge in [0, 0.05) is 18.0 Å². The Labute approximate surface area is 75.8 Å². The van der Waals surface area contributed by atoms with Gasteiger partial charge in [0.05, 0.1) is 5.52 Å². The standard InChI is InChI=1S/C11H9NO/c13-10-5-4-8-2-1-3-9-6-7-12(10)11(8)9/h1-3,6-7H,4-5H2. The summed E-state index contributed by atoms with van der Waals surface area (Å²) in [7, 11) is 0. The number of aryl methyl sites for hydroxylation is 1. The minimum absolute atomic E-state index is 0.216. The summed E-state index contributed by atoms with van der Waals surface area (Å²) in [6, 6.07) is 8.21. The summed E-state index contributed by atoms with van der Waals surface area (Å²) in [5.41, 5.74) is 2.40. The largest absolute Gasteiger partial charge is 0.287 e. The number of carbonyl (C=O) groups excluding carboxylic acids is 1. The topological polar surface area (TPSA) is 22.0 Å². The zero-order chi connectivity index (χ0) is 8.84. The number of carbonyl (C=O) groups is 1. The molecule has 0 saturated carbocycles. The Kier molecular flexibility index (Phi) is 1.18. The van der Waals surface area contributed by atoms with E-state index < -0.39 is 0 Å². The van der Waals surface area contributed by atoms with Gasteiger partial charge in [-0.1, -0.05) is 18.2 Å². The Balaban J connectivity index is 2.51. The van der Waals surface area contributed by atoms with Crippen molar-refractivity contribution >= 4 is 16.8 Å². The highest BCUT2D eigenvalue weighted by molar-refractivity contribution is 5.96.